The number of esters is 1. The lowest BCUT2D eigenvalue weighted by Crippen LogP contribution is -2.53. The van der Waals surface area contributed by atoms with Gasteiger partial charge in [0.15, 0.2) is 0 Å². The molecule has 2 unspecified atom stereocenters. The van der Waals surface area contributed by atoms with Gasteiger partial charge >= 0.3 is 24.1 Å². The fraction of sp³-hybridized carbons (Fsp3) is 0.846. The summed E-state index contributed by atoms with van der Waals surface area (Å²) in [5.41, 5.74) is -2.20. The van der Waals surface area contributed by atoms with E-state index < -0.39 is 47.0 Å². The SMILES string of the molecule is CC1CN(C(=O)OC(C)(C)C)CCN(C(=O)OC(C)(C)C)CCN1C(CCC(=O)O)C(=O)OC(C)(C)C. The molecule has 0 aromatic rings. The number of hydrogen-bond donors (Lipinski definition) is 1. The van der Waals surface area contributed by atoms with Crippen molar-refractivity contribution in [2.75, 3.05) is 32.7 Å². The van der Waals surface area contributed by atoms with E-state index in [1.54, 1.807) is 62.3 Å². The maximum Gasteiger partial charge on any atom is 0.410 e. The first-order valence-electron chi connectivity index (χ1n) is 12.8. The molecule has 2 amide bonds. The second-order valence-corrected chi connectivity index (χ2v) is 12.5. The normalized spacial score (nSPS) is 19.2. The fourth-order valence-electron chi connectivity index (χ4n) is 3.84. The van der Waals surface area contributed by atoms with Crippen LogP contribution in [0.15, 0.2) is 0 Å². The molecule has 0 aliphatic carbocycles. The lowest BCUT2D eigenvalue weighted by molar-refractivity contribution is -0.163. The molecule has 0 spiro atoms. The van der Waals surface area contributed by atoms with E-state index in [4.69, 9.17) is 14.2 Å². The molecule has 1 fully saturated rings. The summed E-state index contributed by atoms with van der Waals surface area (Å²) in [5, 5.41) is 9.32. The summed E-state index contributed by atoms with van der Waals surface area (Å²) >= 11 is 0. The minimum Gasteiger partial charge on any atom is -0.481 e. The molecule has 0 radical (unpaired) electrons. The van der Waals surface area contributed by atoms with Crippen LogP contribution in [-0.2, 0) is 23.8 Å². The number of carboxylic acids is 1. The molecular weight excluding hydrogens is 482 g/mol. The van der Waals surface area contributed by atoms with E-state index in [9.17, 15) is 24.3 Å². The van der Waals surface area contributed by atoms with Crippen molar-refractivity contribution < 1.29 is 38.5 Å². The maximum atomic E-state index is 13.2. The summed E-state index contributed by atoms with van der Waals surface area (Å²) in [6, 6.07) is -1.25. The minimum atomic E-state index is -1.03. The highest BCUT2D eigenvalue weighted by molar-refractivity contribution is 5.77. The van der Waals surface area contributed by atoms with E-state index in [0.29, 0.717) is 0 Å². The number of aliphatic carboxylic acids is 1. The number of carbonyl (C=O) groups is 4. The predicted octanol–water partition coefficient (Wildman–Crippen LogP) is 3.74. The topological polar surface area (TPSA) is 126 Å². The van der Waals surface area contributed by atoms with Crippen molar-refractivity contribution in [3.05, 3.63) is 0 Å². The molecule has 0 bridgehead atoms. The summed E-state index contributed by atoms with van der Waals surface area (Å²) in [6.45, 7) is 18.8. The molecule has 1 aliphatic rings. The van der Waals surface area contributed by atoms with Gasteiger partial charge in [-0.15, -0.1) is 0 Å². The standard InChI is InChI=1S/C26H47N3O8/c1-18-17-28(23(34)37-26(8,9)10)14-13-27(22(33)36-25(5,6)7)15-16-29(18)19(11-12-20(30)31)21(32)35-24(2,3)4/h18-19H,11-17H2,1-10H3,(H,30,31). The molecule has 1 aliphatic heterocycles. The Morgan fingerprint density at radius 2 is 1.19 bits per heavy atom. The quantitative estimate of drug-likeness (QED) is 0.419. The number of hydrogen-bond acceptors (Lipinski definition) is 8. The van der Waals surface area contributed by atoms with Crippen LogP contribution in [0.5, 0.6) is 0 Å². The average molecular weight is 530 g/mol. The first-order chi connectivity index (χ1) is 16.7. The highest BCUT2D eigenvalue weighted by atomic mass is 16.6. The van der Waals surface area contributed by atoms with Crippen molar-refractivity contribution in [1.82, 2.24) is 14.7 Å². The van der Waals surface area contributed by atoms with Gasteiger partial charge in [0.05, 0.1) is 0 Å². The molecule has 0 saturated carbocycles. The van der Waals surface area contributed by atoms with E-state index >= 15 is 0 Å². The van der Waals surface area contributed by atoms with E-state index in [1.807, 2.05) is 11.8 Å². The largest absolute Gasteiger partial charge is 0.481 e. The van der Waals surface area contributed by atoms with E-state index in [-0.39, 0.29) is 51.6 Å². The Morgan fingerprint density at radius 1 is 0.757 bits per heavy atom. The zero-order valence-corrected chi connectivity index (χ0v) is 24.3. The third-order valence-electron chi connectivity index (χ3n) is 5.33. The second kappa shape index (κ2) is 12.8. The zero-order chi connectivity index (χ0) is 28.8. The first kappa shape index (κ1) is 32.5. The van der Waals surface area contributed by atoms with Crippen LogP contribution in [0.1, 0.15) is 82.1 Å². The van der Waals surface area contributed by atoms with Gasteiger partial charge in [-0.05, 0) is 75.7 Å². The van der Waals surface area contributed by atoms with Gasteiger partial charge in [0.1, 0.15) is 22.8 Å². The number of nitrogens with zero attached hydrogens (tertiary/aromatic N) is 3. The predicted molar refractivity (Wildman–Crippen MR) is 138 cm³/mol. The summed E-state index contributed by atoms with van der Waals surface area (Å²) in [5.74, 6) is -1.58. The summed E-state index contributed by atoms with van der Waals surface area (Å²) in [4.78, 5) is 55.5. The van der Waals surface area contributed by atoms with Crippen LogP contribution in [0.3, 0.4) is 0 Å². The Morgan fingerprint density at radius 3 is 1.65 bits per heavy atom. The van der Waals surface area contributed by atoms with Gasteiger partial charge in [-0.1, -0.05) is 0 Å². The van der Waals surface area contributed by atoms with Crippen LogP contribution in [0, 0.1) is 0 Å². The van der Waals surface area contributed by atoms with Crippen molar-refractivity contribution in [3.8, 4) is 0 Å². The molecule has 1 heterocycles. The van der Waals surface area contributed by atoms with Gasteiger partial charge in [-0.2, -0.15) is 0 Å². The van der Waals surface area contributed by atoms with Crippen molar-refractivity contribution in [3.63, 3.8) is 0 Å². The van der Waals surface area contributed by atoms with Crippen LogP contribution in [0.4, 0.5) is 9.59 Å². The molecule has 0 aromatic heterocycles. The van der Waals surface area contributed by atoms with Crippen molar-refractivity contribution >= 4 is 24.1 Å². The Balaban J connectivity index is 3.38. The number of carboxylic acid groups (broad SMARTS) is 1. The molecule has 11 heteroatoms. The molecule has 11 nitrogen and oxygen atoms in total. The van der Waals surface area contributed by atoms with Gasteiger partial charge in [0.2, 0.25) is 0 Å². The fourth-order valence-corrected chi connectivity index (χ4v) is 3.84. The number of amides is 2. The lowest BCUT2D eigenvalue weighted by atomic mass is 10.1. The molecular formula is C26H47N3O8. The van der Waals surface area contributed by atoms with Crippen molar-refractivity contribution in [2.45, 2.75) is 111 Å². The number of rotatable bonds is 5. The molecule has 214 valence electrons. The van der Waals surface area contributed by atoms with Gasteiger partial charge in [-0.25, -0.2) is 9.59 Å². The highest BCUT2D eigenvalue weighted by Crippen LogP contribution is 2.21. The minimum absolute atomic E-state index is 0.0213. The van der Waals surface area contributed by atoms with Crippen LogP contribution >= 0.6 is 0 Å². The smallest absolute Gasteiger partial charge is 0.410 e. The molecule has 1 rings (SSSR count). The number of ether oxygens (including phenoxy) is 3. The van der Waals surface area contributed by atoms with Gasteiger partial charge in [0.25, 0.3) is 0 Å². The average Bonchev–Trinajstić information content (AvgIpc) is 2.74. The monoisotopic (exact) mass is 529 g/mol. The van der Waals surface area contributed by atoms with Crippen LogP contribution < -0.4 is 0 Å². The number of carbonyl (C=O) groups excluding carboxylic acids is 3. The first-order valence-corrected chi connectivity index (χ1v) is 12.8. The Hall–Kier alpha value is -2.56. The highest BCUT2D eigenvalue weighted by Gasteiger charge is 2.37. The van der Waals surface area contributed by atoms with E-state index in [1.165, 1.54) is 9.80 Å². The lowest BCUT2D eigenvalue weighted by Gasteiger charge is -2.38. The Bertz CT molecular complexity index is 810. The Kier molecular flexibility index (Phi) is 11.2. The molecule has 1 N–H and O–H groups in total. The van der Waals surface area contributed by atoms with E-state index in [2.05, 4.69) is 0 Å². The summed E-state index contributed by atoms with van der Waals surface area (Å²) in [6.07, 6.45) is -1.29. The third kappa shape index (κ3) is 12.5. The molecule has 2 atom stereocenters. The zero-order valence-electron chi connectivity index (χ0n) is 24.3. The van der Waals surface area contributed by atoms with Crippen LogP contribution in [0.2, 0.25) is 0 Å². The van der Waals surface area contributed by atoms with Crippen LogP contribution in [-0.4, -0.2) is 106 Å². The van der Waals surface area contributed by atoms with Gasteiger partial charge < -0.3 is 29.1 Å². The maximum absolute atomic E-state index is 13.2. The molecule has 37 heavy (non-hydrogen) atoms. The Labute approximate surface area is 221 Å². The second-order valence-electron chi connectivity index (χ2n) is 12.5. The summed E-state index contributed by atoms with van der Waals surface area (Å²) in [7, 11) is 0. The van der Waals surface area contributed by atoms with Crippen molar-refractivity contribution in [2.24, 2.45) is 0 Å². The van der Waals surface area contributed by atoms with Crippen molar-refractivity contribution in [1.29, 1.82) is 0 Å². The third-order valence-corrected chi connectivity index (χ3v) is 5.33. The van der Waals surface area contributed by atoms with Gasteiger partial charge in [0, 0.05) is 45.2 Å². The van der Waals surface area contributed by atoms with E-state index in [0.717, 1.165) is 0 Å². The molecule has 0 aromatic carbocycles. The van der Waals surface area contributed by atoms with Crippen LogP contribution in [0.25, 0.3) is 0 Å². The summed E-state index contributed by atoms with van der Waals surface area (Å²) < 4.78 is 16.8. The van der Waals surface area contributed by atoms with Gasteiger partial charge in [-0.3, -0.25) is 14.5 Å². The molecule has 1 saturated heterocycles.